The summed E-state index contributed by atoms with van der Waals surface area (Å²) in [5.41, 5.74) is 0.419. The van der Waals surface area contributed by atoms with Crippen molar-refractivity contribution in [1.82, 2.24) is 4.90 Å². The predicted molar refractivity (Wildman–Crippen MR) is 81.2 cm³/mol. The van der Waals surface area contributed by atoms with Crippen molar-refractivity contribution in [2.75, 3.05) is 7.05 Å². The monoisotopic (exact) mass is 267 g/mol. The van der Waals surface area contributed by atoms with Gasteiger partial charge in [-0.25, -0.2) is 0 Å². The highest BCUT2D eigenvalue weighted by atomic mass is 16.3. The van der Waals surface area contributed by atoms with E-state index in [0.717, 1.165) is 18.3 Å². The molecule has 2 aliphatic rings. The van der Waals surface area contributed by atoms with Gasteiger partial charge in [-0.05, 0) is 63.3 Å². The van der Waals surface area contributed by atoms with Crippen LogP contribution in [-0.2, 0) is 0 Å². The van der Waals surface area contributed by atoms with Gasteiger partial charge in [-0.15, -0.1) is 0 Å². The summed E-state index contributed by atoms with van der Waals surface area (Å²) < 4.78 is 0. The highest BCUT2D eigenvalue weighted by Gasteiger charge is 2.41. The van der Waals surface area contributed by atoms with E-state index in [-0.39, 0.29) is 6.10 Å². The lowest BCUT2D eigenvalue weighted by Gasteiger charge is -2.46. The second-order valence-corrected chi connectivity index (χ2v) is 7.73. The van der Waals surface area contributed by atoms with Gasteiger partial charge in [-0.1, -0.05) is 27.2 Å². The van der Waals surface area contributed by atoms with Crippen LogP contribution in [0.25, 0.3) is 0 Å². The molecule has 0 bridgehead atoms. The number of hydrogen-bond acceptors (Lipinski definition) is 2. The molecule has 0 saturated heterocycles. The van der Waals surface area contributed by atoms with Crippen molar-refractivity contribution >= 4 is 0 Å². The summed E-state index contributed by atoms with van der Waals surface area (Å²) in [6.07, 6.45) is 7.26. The van der Waals surface area contributed by atoms with Crippen LogP contribution in [0.4, 0.5) is 0 Å². The molecule has 0 aromatic carbocycles. The Labute approximate surface area is 119 Å². The maximum absolute atomic E-state index is 10.4. The molecule has 2 fully saturated rings. The van der Waals surface area contributed by atoms with Crippen LogP contribution in [0.2, 0.25) is 0 Å². The molecular formula is C17H33NO. The predicted octanol–water partition coefficient (Wildman–Crippen LogP) is 3.68. The lowest BCUT2D eigenvalue weighted by molar-refractivity contribution is -0.0264. The molecule has 2 heteroatoms. The van der Waals surface area contributed by atoms with Crippen molar-refractivity contribution in [1.29, 1.82) is 0 Å². The standard InChI is InChI=1S/C17H33NO/c1-6-17(3,4)14-9-10-16(19)15(11-14)18(5)12(2)13-7-8-13/h12-16,19H,6-11H2,1-5H3. The van der Waals surface area contributed by atoms with Crippen LogP contribution >= 0.6 is 0 Å². The van der Waals surface area contributed by atoms with Crippen molar-refractivity contribution < 1.29 is 5.11 Å². The molecule has 0 aliphatic heterocycles. The number of nitrogens with zero attached hydrogens (tertiary/aromatic N) is 1. The molecule has 0 radical (unpaired) electrons. The zero-order chi connectivity index (χ0) is 14.2. The highest BCUT2D eigenvalue weighted by Crippen LogP contribution is 2.43. The van der Waals surface area contributed by atoms with Gasteiger partial charge < -0.3 is 5.11 Å². The third kappa shape index (κ3) is 3.33. The topological polar surface area (TPSA) is 23.5 Å². The molecule has 112 valence electrons. The average Bonchev–Trinajstić information content (AvgIpc) is 3.21. The summed E-state index contributed by atoms with van der Waals surface area (Å²) in [6.45, 7) is 9.45. The van der Waals surface area contributed by atoms with Crippen LogP contribution in [0, 0.1) is 17.3 Å². The lowest BCUT2D eigenvalue weighted by Crippen LogP contribution is -2.51. The lowest BCUT2D eigenvalue weighted by atomic mass is 9.67. The molecule has 2 rings (SSSR count). The second kappa shape index (κ2) is 5.73. The quantitative estimate of drug-likeness (QED) is 0.821. The fourth-order valence-corrected chi connectivity index (χ4v) is 3.78. The average molecular weight is 267 g/mol. The Hall–Kier alpha value is -0.0800. The van der Waals surface area contributed by atoms with Crippen molar-refractivity contribution in [3.8, 4) is 0 Å². The Morgan fingerprint density at radius 3 is 2.37 bits per heavy atom. The van der Waals surface area contributed by atoms with Gasteiger partial charge in [0.05, 0.1) is 6.10 Å². The van der Waals surface area contributed by atoms with E-state index < -0.39 is 0 Å². The van der Waals surface area contributed by atoms with Crippen LogP contribution < -0.4 is 0 Å². The van der Waals surface area contributed by atoms with Gasteiger partial charge in [0.1, 0.15) is 0 Å². The Morgan fingerprint density at radius 2 is 1.84 bits per heavy atom. The molecule has 2 nitrogen and oxygen atoms in total. The smallest absolute Gasteiger partial charge is 0.0695 e. The fourth-order valence-electron chi connectivity index (χ4n) is 3.78. The number of hydrogen-bond donors (Lipinski definition) is 1. The third-order valence-corrected chi connectivity index (χ3v) is 6.27. The number of rotatable bonds is 5. The molecule has 4 atom stereocenters. The third-order valence-electron chi connectivity index (χ3n) is 6.27. The molecule has 0 aromatic rings. The van der Waals surface area contributed by atoms with Crippen LogP contribution in [-0.4, -0.2) is 35.2 Å². The summed E-state index contributed by atoms with van der Waals surface area (Å²) in [5.74, 6) is 1.65. The first-order valence-electron chi connectivity index (χ1n) is 8.26. The van der Waals surface area contributed by atoms with Gasteiger partial charge in [-0.3, -0.25) is 4.90 Å². The van der Waals surface area contributed by atoms with Crippen LogP contribution in [0.3, 0.4) is 0 Å². The van der Waals surface area contributed by atoms with E-state index in [4.69, 9.17) is 0 Å². The normalized spacial score (nSPS) is 34.6. The minimum absolute atomic E-state index is 0.116. The molecule has 1 N–H and O–H groups in total. The van der Waals surface area contributed by atoms with E-state index in [0.29, 0.717) is 17.5 Å². The summed E-state index contributed by atoms with van der Waals surface area (Å²) >= 11 is 0. The van der Waals surface area contributed by atoms with Crippen LogP contribution in [0.1, 0.15) is 66.2 Å². The minimum atomic E-state index is -0.116. The maximum atomic E-state index is 10.4. The van der Waals surface area contributed by atoms with Gasteiger partial charge >= 0.3 is 0 Å². The SMILES string of the molecule is CCC(C)(C)C1CCC(O)C(N(C)C(C)C2CC2)C1. The number of aliphatic hydroxyl groups excluding tert-OH is 1. The maximum Gasteiger partial charge on any atom is 0.0695 e. The van der Waals surface area contributed by atoms with Gasteiger partial charge in [0.25, 0.3) is 0 Å². The highest BCUT2D eigenvalue weighted by molar-refractivity contribution is 4.94. The fraction of sp³-hybridized carbons (Fsp3) is 1.00. The van der Waals surface area contributed by atoms with Crippen LogP contribution in [0.15, 0.2) is 0 Å². The van der Waals surface area contributed by atoms with Gasteiger partial charge in [0.15, 0.2) is 0 Å². The zero-order valence-electron chi connectivity index (χ0n) is 13.5. The largest absolute Gasteiger partial charge is 0.391 e. The summed E-state index contributed by atoms with van der Waals surface area (Å²) in [4.78, 5) is 2.49. The zero-order valence-corrected chi connectivity index (χ0v) is 13.5. The van der Waals surface area contributed by atoms with Crippen molar-refractivity contribution in [2.45, 2.75) is 84.4 Å². The molecule has 0 heterocycles. The van der Waals surface area contributed by atoms with Crippen molar-refractivity contribution in [3.63, 3.8) is 0 Å². The minimum Gasteiger partial charge on any atom is -0.391 e. The van der Waals surface area contributed by atoms with E-state index in [2.05, 4.69) is 39.6 Å². The Balaban J connectivity index is 2.01. The van der Waals surface area contributed by atoms with E-state index in [1.165, 1.54) is 32.1 Å². The molecule has 0 amide bonds. The van der Waals surface area contributed by atoms with Crippen molar-refractivity contribution in [2.24, 2.45) is 17.3 Å². The van der Waals surface area contributed by atoms with Crippen LogP contribution in [0.5, 0.6) is 0 Å². The molecular weight excluding hydrogens is 234 g/mol. The summed E-state index contributed by atoms with van der Waals surface area (Å²) in [6, 6.07) is 1.02. The first kappa shape index (κ1) is 15.3. The second-order valence-electron chi connectivity index (χ2n) is 7.73. The summed E-state index contributed by atoms with van der Waals surface area (Å²) in [7, 11) is 2.23. The first-order chi connectivity index (χ1) is 8.86. The van der Waals surface area contributed by atoms with E-state index in [1.807, 2.05) is 0 Å². The van der Waals surface area contributed by atoms with Gasteiger partial charge in [0, 0.05) is 12.1 Å². The van der Waals surface area contributed by atoms with E-state index in [9.17, 15) is 5.11 Å². The van der Waals surface area contributed by atoms with E-state index in [1.54, 1.807) is 0 Å². The Kier molecular flexibility index (Phi) is 4.62. The van der Waals surface area contributed by atoms with Gasteiger partial charge in [0.2, 0.25) is 0 Å². The number of aliphatic hydroxyl groups is 1. The summed E-state index contributed by atoms with van der Waals surface area (Å²) in [5, 5.41) is 10.4. The molecule has 0 aromatic heterocycles. The first-order valence-corrected chi connectivity index (χ1v) is 8.26. The molecule has 0 spiro atoms. The molecule has 2 aliphatic carbocycles. The van der Waals surface area contributed by atoms with E-state index >= 15 is 0 Å². The molecule has 4 unspecified atom stereocenters. The molecule has 2 saturated carbocycles. The van der Waals surface area contributed by atoms with Gasteiger partial charge in [-0.2, -0.15) is 0 Å². The number of likely N-dealkylation sites (N-methyl/N-ethyl adjacent to an activating group) is 1. The Morgan fingerprint density at radius 1 is 1.21 bits per heavy atom. The molecule has 19 heavy (non-hydrogen) atoms. The Bertz CT molecular complexity index is 298. The van der Waals surface area contributed by atoms with Crippen molar-refractivity contribution in [3.05, 3.63) is 0 Å².